The second-order valence-electron chi connectivity index (χ2n) is 6.75. The molecule has 0 atom stereocenters. The Morgan fingerprint density at radius 3 is 2.36 bits per heavy atom. The number of rotatable bonds is 6. The molecule has 28 heavy (non-hydrogen) atoms. The van der Waals surface area contributed by atoms with E-state index in [2.05, 4.69) is 19.9 Å². The van der Waals surface area contributed by atoms with Crippen LogP contribution in [-0.4, -0.2) is 38.2 Å². The molecule has 146 valence electrons. The summed E-state index contributed by atoms with van der Waals surface area (Å²) in [5.74, 6) is 0.381. The van der Waals surface area contributed by atoms with Crippen LogP contribution in [0.4, 0.5) is 5.82 Å². The van der Waals surface area contributed by atoms with Crippen LogP contribution in [0.25, 0.3) is 22.3 Å². The lowest BCUT2D eigenvalue weighted by molar-refractivity contribution is 0.553. The van der Waals surface area contributed by atoms with E-state index >= 15 is 0 Å². The Morgan fingerprint density at radius 1 is 0.857 bits per heavy atom. The highest BCUT2D eigenvalue weighted by Gasteiger charge is 2.14. The van der Waals surface area contributed by atoms with Gasteiger partial charge in [0, 0.05) is 27.2 Å². The van der Waals surface area contributed by atoms with E-state index in [1.54, 1.807) is 19.7 Å². The summed E-state index contributed by atoms with van der Waals surface area (Å²) in [4.78, 5) is 41.1. The maximum atomic E-state index is 12.4. The number of imidazole rings is 2. The van der Waals surface area contributed by atoms with Crippen molar-refractivity contribution in [1.29, 1.82) is 0 Å². The van der Waals surface area contributed by atoms with Crippen molar-refractivity contribution in [2.75, 3.05) is 5.73 Å². The average Bonchev–Trinajstić information content (AvgIpc) is 3.30. The summed E-state index contributed by atoms with van der Waals surface area (Å²) < 4.78 is 6.28. The molecule has 0 spiro atoms. The van der Waals surface area contributed by atoms with Gasteiger partial charge in [-0.15, -0.1) is 0 Å². The molecule has 0 saturated heterocycles. The van der Waals surface area contributed by atoms with E-state index in [4.69, 9.17) is 5.73 Å². The second kappa shape index (κ2) is 6.91. The number of fused-ring (bicyclic) bond motifs is 2. The van der Waals surface area contributed by atoms with Gasteiger partial charge < -0.3 is 14.9 Å². The van der Waals surface area contributed by atoms with Crippen LogP contribution in [0.1, 0.15) is 19.3 Å². The van der Waals surface area contributed by atoms with Crippen molar-refractivity contribution in [2.24, 2.45) is 14.1 Å². The molecule has 0 bridgehead atoms. The number of nitrogens with two attached hydrogens (primary N) is 1. The van der Waals surface area contributed by atoms with Crippen LogP contribution in [0.3, 0.4) is 0 Å². The summed E-state index contributed by atoms with van der Waals surface area (Å²) in [6, 6.07) is 0. The highest BCUT2D eigenvalue weighted by atomic mass is 16.2. The van der Waals surface area contributed by atoms with Crippen molar-refractivity contribution < 1.29 is 0 Å². The van der Waals surface area contributed by atoms with E-state index in [1.165, 1.54) is 17.9 Å². The highest BCUT2D eigenvalue weighted by molar-refractivity contribution is 5.81. The van der Waals surface area contributed by atoms with Gasteiger partial charge in [-0.25, -0.2) is 24.7 Å². The molecule has 0 aliphatic carbocycles. The van der Waals surface area contributed by atoms with Gasteiger partial charge in [-0.3, -0.25) is 13.9 Å². The van der Waals surface area contributed by atoms with Crippen LogP contribution in [0.15, 0.2) is 28.6 Å². The van der Waals surface area contributed by atoms with Gasteiger partial charge in [-0.05, 0) is 19.3 Å². The smallest absolute Gasteiger partial charge is 0.332 e. The first kappa shape index (κ1) is 17.9. The Bertz CT molecular complexity index is 1280. The van der Waals surface area contributed by atoms with Crippen LogP contribution >= 0.6 is 0 Å². The minimum atomic E-state index is -0.375. The lowest BCUT2D eigenvalue weighted by atomic mass is 10.2. The zero-order chi connectivity index (χ0) is 19.8. The van der Waals surface area contributed by atoms with E-state index in [9.17, 15) is 9.59 Å². The zero-order valence-corrected chi connectivity index (χ0v) is 15.7. The third-order valence-electron chi connectivity index (χ3n) is 4.94. The summed E-state index contributed by atoms with van der Waals surface area (Å²) in [6.45, 7) is 1.43. The first-order chi connectivity index (χ1) is 13.5. The number of anilines is 1. The first-order valence-electron chi connectivity index (χ1n) is 9.01. The fourth-order valence-electron chi connectivity index (χ4n) is 3.37. The fraction of sp³-hybridized carbons (Fsp3) is 0.412. The van der Waals surface area contributed by atoms with Crippen LogP contribution in [-0.2, 0) is 27.2 Å². The van der Waals surface area contributed by atoms with Crippen molar-refractivity contribution in [3.63, 3.8) is 0 Å². The minimum absolute atomic E-state index is 0.322. The standard InChI is InChI=1S/C17H21N9O2/c1-23-15-12(16(27)24(2)17(23)28)25(10-22-15)6-4-3-5-7-26-9-21-11-13(18)19-8-20-14(11)26/h8-10H,3-7H2,1-2H3,(H2,18,19,20). The molecule has 11 heteroatoms. The molecule has 0 aliphatic heterocycles. The van der Waals surface area contributed by atoms with Crippen LogP contribution in [0, 0.1) is 0 Å². The van der Waals surface area contributed by atoms with E-state index in [1.807, 2.05) is 9.13 Å². The lowest BCUT2D eigenvalue weighted by Gasteiger charge is -2.07. The summed E-state index contributed by atoms with van der Waals surface area (Å²) >= 11 is 0. The van der Waals surface area contributed by atoms with Crippen molar-refractivity contribution in [3.8, 4) is 0 Å². The normalized spacial score (nSPS) is 11.6. The quantitative estimate of drug-likeness (QED) is 0.464. The molecule has 0 saturated carbocycles. The summed E-state index contributed by atoms with van der Waals surface area (Å²) in [6.07, 6.45) is 7.54. The molecule has 0 amide bonds. The Labute approximate surface area is 159 Å². The summed E-state index contributed by atoms with van der Waals surface area (Å²) in [5, 5.41) is 0. The molecule has 0 unspecified atom stereocenters. The van der Waals surface area contributed by atoms with E-state index in [0.29, 0.717) is 29.0 Å². The zero-order valence-electron chi connectivity index (χ0n) is 15.7. The van der Waals surface area contributed by atoms with Gasteiger partial charge in [-0.2, -0.15) is 0 Å². The number of aryl methyl sites for hydroxylation is 3. The van der Waals surface area contributed by atoms with E-state index < -0.39 is 0 Å². The molecule has 4 rings (SSSR count). The lowest BCUT2D eigenvalue weighted by Crippen LogP contribution is -2.37. The van der Waals surface area contributed by atoms with Crippen molar-refractivity contribution in [1.82, 2.24) is 38.2 Å². The molecular formula is C17H21N9O2. The van der Waals surface area contributed by atoms with Gasteiger partial charge in [0.25, 0.3) is 5.56 Å². The Balaban J connectivity index is 1.41. The molecule has 2 N–H and O–H groups in total. The van der Waals surface area contributed by atoms with Gasteiger partial charge in [0.05, 0.1) is 12.7 Å². The van der Waals surface area contributed by atoms with Crippen molar-refractivity contribution in [2.45, 2.75) is 32.4 Å². The molecule has 4 aromatic rings. The average molecular weight is 383 g/mol. The Kier molecular flexibility index (Phi) is 4.41. The molecule has 0 aromatic carbocycles. The third-order valence-corrected chi connectivity index (χ3v) is 4.94. The number of nitrogen functional groups attached to an aromatic ring is 1. The maximum Gasteiger partial charge on any atom is 0.332 e. The molecule has 0 radical (unpaired) electrons. The third kappa shape index (κ3) is 2.84. The van der Waals surface area contributed by atoms with Gasteiger partial charge >= 0.3 is 5.69 Å². The Morgan fingerprint density at radius 2 is 1.57 bits per heavy atom. The van der Waals surface area contributed by atoms with Crippen molar-refractivity contribution in [3.05, 3.63) is 39.8 Å². The van der Waals surface area contributed by atoms with Gasteiger partial charge in [-0.1, -0.05) is 0 Å². The van der Waals surface area contributed by atoms with Gasteiger partial charge in [0.2, 0.25) is 0 Å². The van der Waals surface area contributed by atoms with Crippen LogP contribution in [0.2, 0.25) is 0 Å². The second-order valence-corrected chi connectivity index (χ2v) is 6.75. The SMILES string of the molecule is Cn1c(=O)c2c(ncn2CCCCCn2cnc3c(N)ncnc32)n(C)c1=O. The van der Waals surface area contributed by atoms with E-state index in [0.717, 1.165) is 36.0 Å². The minimum Gasteiger partial charge on any atom is -0.382 e. The fourth-order valence-corrected chi connectivity index (χ4v) is 3.37. The Hall–Kier alpha value is -3.50. The number of nitrogens with zero attached hydrogens (tertiary/aromatic N) is 8. The maximum absolute atomic E-state index is 12.4. The molecule has 0 aliphatic rings. The summed E-state index contributed by atoms with van der Waals surface area (Å²) in [7, 11) is 3.10. The molecule has 11 nitrogen and oxygen atoms in total. The van der Waals surface area contributed by atoms with Crippen molar-refractivity contribution >= 4 is 28.1 Å². The van der Waals surface area contributed by atoms with Crippen LogP contribution in [0.5, 0.6) is 0 Å². The topological polar surface area (TPSA) is 131 Å². The molecular weight excluding hydrogens is 362 g/mol. The number of unbranched alkanes of at least 4 members (excludes halogenated alkanes) is 2. The number of aromatic nitrogens is 8. The summed E-state index contributed by atoms with van der Waals surface area (Å²) in [5.41, 5.74) is 7.33. The van der Waals surface area contributed by atoms with E-state index in [-0.39, 0.29) is 11.2 Å². The number of hydrogen-bond acceptors (Lipinski definition) is 7. The molecule has 4 aromatic heterocycles. The monoisotopic (exact) mass is 383 g/mol. The van der Waals surface area contributed by atoms with Gasteiger partial charge in [0.1, 0.15) is 11.8 Å². The van der Waals surface area contributed by atoms with Gasteiger partial charge in [0.15, 0.2) is 22.6 Å². The van der Waals surface area contributed by atoms with Crippen LogP contribution < -0.4 is 17.0 Å². The highest BCUT2D eigenvalue weighted by Crippen LogP contribution is 2.15. The largest absolute Gasteiger partial charge is 0.382 e. The molecule has 4 heterocycles. The molecule has 0 fully saturated rings. The predicted molar refractivity (Wildman–Crippen MR) is 104 cm³/mol. The number of hydrogen-bond donors (Lipinski definition) is 1. The predicted octanol–water partition coefficient (Wildman–Crippen LogP) is 0.0261. The first-order valence-corrected chi connectivity index (χ1v) is 9.01.